The number of nitrogens with zero attached hydrogens (tertiary/aromatic N) is 1. The number of rotatable bonds is 7. The van der Waals surface area contributed by atoms with E-state index in [9.17, 15) is 4.79 Å². The van der Waals surface area contributed by atoms with Crippen LogP contribution < -0.4 is 10.6 Å². The average molecular weight is 303 g/mol. The first kappa shape index (κ1) is 16.9. The fourth-order valence-corrected chi connectivity index (χ4v) is 3.01. The van der Waals surface area contributed by atoms with Gasteiger partial charge in [-0.2, -0.15) is 0 Å². The summed E-state index contributed by atoms with van der Waals surface area (Å²) >= 11 is 0. The van der Waals surface area contributed by atoms with Crippen LogP contribution in [0.1, 0.15) is 63.4 Å². The van der Waals surface area contributed by atoms with Gasteiger partial charge in [0.25, 0.3) is 0 Å². The number of amides is 1. The Morgan fingerprint density at radius 3 is 2.77 bits per heavy atom. The lowest BCUT2D eigenvalue weighted by molar-refractivity contribution is -0.123. The molecule has 0 aliphatic heterocycles. The molecule has 122 valence electrons. The van der Waals surface area contributed by atoms with Crippen LogP contribution in [-0.2, 0) is 24.2 Å². The van der Waals surface area contributed by atoms with Crippen LogP contribution in [0.5, 0.6) is 0 Å². The van der Waals surface area contributed by atoms with E-state index in [1.807, 2.05) is 0 Å². The molecule has 0 fully saturated rings. The van der Waals surface area contributed by atoms with Gasteiger partial charge in [-0.25, -0.2) is 0 Å². The van der Waals surface area contributed by atoms with Gasteiger partial charge in [-0.3, -0.25) is 9.78 Å². The largest absolute Gasteiger partial charge is 0.349 e. The predicted octanol–water partition coefficient (Wildman–Crippen LogP) is 2.74. The summed E-state index contributed by atoms with van der Waals surface area (Å²) < 4.78 is 0. The van der Waals surface area contributed by atoms with Crippen molar-refractivity contribution in [2.75, 3.05) is 0 Å². The molecule has 4 nitrogen and oxygen atoms in total. The van der Waals surface area contributed by atoms with Crippen molar-refractivity contribution in [3.63, 3.8) is 0 Å². The lowest BCUT2D eigenvalue weighted by atomic mass is 9.96. The topological polar surface area (TPSA) is 54.0 Å². The minimum atomic E-state index is -0.109. The summed E-state index contributed by atoms with van der Waals surface area (Å²) in [7, 11) is 0. The van der Waals surface area contributed by atoms with E-state index in [2.05, 4.69) is 43.5 Å². The smallest absolute Gasteiger partial charge is 0.237 e. The van der Waals surface area contributed by atoms with Crippen molar-refractivity contribution >= 4 is 5.91 Å². The SMILES string of the molecule is CCCC(NC(C)C)C(=O)NCc1ccc2c(n1)CCCC2. The second-order valence-corrected chi connectivity index (χ2v) is 6.50. The molecular weight excluding hydrogens is 274 g/mol. The highest BCUT2D eigenvalue weighted by atomic mass is 16.2. The molecule has 0 saturated carbocycles. The molecule has 0 bridgehead atoms. The zero-order valence-corrected chi connectivity index (χ0v) is 14.1. The van der Waals surface area contributed by atoms with Gasteiger partial charge in [-0.15, -0.1) is 0 Å². The Morgan fingerprint density at radius 1 is 1.27 bits per heavy atom. The van der Waals surface area contributed by atoms with E-state index in [4.69, 9.17) is 4.98 Å². The van der Waals surface area contributed by atoms with Crippen LogP contribution in [-0.4, -0.2) is 23.0 Å². The van der Waals surface area contributed by atoms with Gasteiger partial charge < -0.3 is 10.6 Å². The van der Waals surface area contributed by atoms with Gasteiger partial charge in [0.2, 0.25) is 5.91 Å². The number of aromatic nitrogens is 1. The normalized spacial score (nSPS) is 15.5. The third-order valence-corrected chi connectivity index (χ3v) is 4.11. The monoisotopic (exact) mass is 303 g/mol. The number of carbonyl (C=O) groups is 1. The van der Waals surface area contributed by atoms with Gasteiger partial charge in [0.15, 0.2) is 0 Å². The Labute approximate surface area is 134 Å². The number of fused-ring (bicyclic) bond motifs is 1. The molecule has 1 unspecified atom stereocenters. The third kappa shape index (κ3) is 4.80. The maximum absolute atomic E-state index is 12.3. The van der Waals surface area contributed by atoms with Gasteiger partial charge >= 0.3 is 0 Å². The Kier molecular flexibility index (Phi) is 6.37. The molecular formula is C18H29N3O. The molecule has 2 rings (SSSR count). The molecule has 0 saturated heterocycles. The second kappa shape index (κ2) is 8.28. The summed E-state index contributed by atoms with van der Waals surface area (Å²) in [5.41, 5.74) is 3.57. The van der Waals surface area contributed by atoms with Crippen LogP contribution in [0.3, 0.4) is 0 Å². The summed E-state index contributed by atoms with van der Waals surface area (Å²) in [5.74, 6) is 0.0788. The van der Waals surface area contributed by atoms with Crippen LogP contribution in [0.25, 0.3) is 0 Å². The molecule has 0 aromatic carbocycles. The van der Waals surface area contributed by atoms with Gasteiger partial charge in [-0.05, 0) is 43.7 Å². The van der Waals surface area contributed by atoms with Crippen molar-refractivity contribution in [3.05, 3.63) is 29.1 Å². The molecule has 1 heterocycles. The molecule has 0 radical (unpaired) electrons. The Hall–Kier alpha value is -1.42. The molecule has 1 aromatic rings. The fraction of sp³-hybridized carbons (Fsp3) is 0.667. The number of nitrogens with one attached hydrogen (secondary N) is 2. The summed E-state index contributed by atoms with van der Waals surface area (Å²) in [5, 5.41) is 6.37. The fourth-order valence-electron chi connectivity index (χ4n) is 3.01. The minimum Gasteiger partial charge on any atom is -0.349 e. The van der Waals surface area contributed by atoms with Crippen LogP contribution in [0.15, 0.2) is 12.1 Å². The molecule has 2 N–H and O–H groups in total. The number of hydrogen-bond donors (Lipinski definition) is 2. The van der Waals surface area contributed by atoms with Gasteiger partial charge in [0.1, 0.15) is 0 Å². The van der Waals surface area contributed by atoms with E-state index in [1.165, 1.54) is 24.1 Å². The average Bonchev–Trinajstić information content (AvgIpc) is 2.51. The van der Waals surface area contributed by atoms with Crippen LogP contribution in [0.4, 0.5) is 0 Å². The predicted molar refractivity (Wildman–Crippen MR) is 89.7 cm³/mol. The summed E-state index contributed by atoms with van der Waals surface area (Å²) in [6.07, 6.45) is 6.57. The van der Waals surface area contributed by atoms with Gasteiger partial charge in [0, 0.05) is 11.7 Å². The van der Waals surface area contributed by atoms with E-state index >= 15 is 0 Å². The second-order valence-electron chi connectivity index (χ2n) is 6.50. The van der Waals surface area contributed by atoms with E-state index in [0.717, 1.165) is 31.4 Å². The van der Waals surface area contributed by atoms with Crippen LogP contribution in [0.2, 0.25) is 0 Å². The zero-order chi connectivity index (χ0) is 15.9. The third-order valence-electron chi connectivity index (χ3n) is 4.11. The molecule has 1 amide bonds. The minimum absolute atomic E-state index is 0.0788. The Bertz CT molecular complexity index is 499. The number of carbonyl (C=O) groups excluding carboxylic acids is 1. The summed E-state index contributed by atoms with van der Waals surface area (Å²) in [6.45, 7) is 6.77. The molecule has 0 spiro atoms. The number of hydrogen-bond acceptors (Lipinski definition) is 3. The highest BCUT2D eigenvalue weighted by Crippen LogP contribution is 2.19. The first-order valence-electron chi connectivity index (χ1n) is 8.61. The quantitative estimate of drug-likeness (QED) is 0.814. The van der Waals surface area contributed by atoms with E-state index < -0.39 is 0 Å². The highest BCUT2D eigenvalue weighted by Gasteiger charge is 2.18. The van der Waals surface area contributed by atoms with Crippen molar-refractivity contribution in [2.45, 2.75) is 77.9 Å². The van der Waals surface area contributed by atoms with Gasteiger partial charge in [-0.1, -0.05) is 33.3 Å². The number of aryl methyl sites for hydroxylation is 2. The molecule has 22 heavy (non-hydrogen) atoms. The maximum Gasteiger partial charge on any atom is 0.237 e. The van der Waals surface area contributed by atoms with E-state index in [-0.39, 0.29) is 11.9 Å². The molecule has 1 atom stereocenters. The molecule has 1 aromatic heterocycles. The summed E-state index contributed by atoms with van der Waals surface area (Å²) in [4.78, 5) is 17.0. The zero-order valence-electron chi connectivity index (χ0n) is 14.1. The molecule has 1 aliphatic rings. The van der Waals surface area contributed by atoms with Crippen LogP contribution in [0, 0.1) is 0 Å². The first-order valence-corrected chi connectivity index (χ1v) is 8.61. The van der Waals surface area contributed by atoms with Crippen molar-refractivity contribution in [1.82, 2.24) is 15.6 Å². The van der Waals surface area contributed by atoms with Crippen molar-refractivity contribution < 1.29 is 4.79 Å². The Balaban J connectivity index is 1.92. The van der Waals surface area contributed by atoms with E-state index in [0.29, 0.717) is 12.6 Å². The van der Waals surface area contributed by atoms with Crippen molar-refractivity contribution in [1.29, 1.82) is 0 Å². The number of pyridine rings is 1. The maximum atomic E-state index is 12.3. The van der Waals surface area contributed by atoms with Crippen molar-refractivity contribution in [3.8, 4) is 0 Å². The lowest BCUT2D eigenvalue weighted by Gasteiger charge is -2.20. The highest BCUT2D eigenvalue weighted by molar-refractivity contribution is 5.81. The lowest BCUT2D eigenvalue weighted by Crippen LogP contribution is -2.46. The summed E-state index contributed by atoms with van der Waals surface area (Å²) in [6, 6.07) is 4.43. The van der Waals surface area contributed by atoms with E-state index in [1.54, 1.807) is 0 Å². The Morgan fingerprint density at radius 2 is 2.05 bits per heavy atom. The first-order chi connectivity index (χ1) is 10.6. The van der Waals surface area contributed by atoms with Crippen LogP contribution >= 0.6 is 0 Å². The standard InChI is InChI=1S/C18H29N3O/c1-4-7-17(20-13(2)3)18(22)19-12-15-11-10-14-8-5-6-9-16(14)21-15/h10-11,13,17,20H,4-9,12H2,1-3H3,(H,19,22). The van der Waals surface area contributed by atoms with Gasteiger partial charge in [0.05, 0.1) is 18.3 Å². The molecule has 4 heteroatoms. The van der Waals surface area contributed by atoms with Crippen molar-refractivity contribution in [2.24, 2.45) is 0 Å². The molecule has 1 aliphatic carbocycles.